The Hall–Kier alpha value is -2.54. The Bertz CT molecular complexity index is 969. The quantitative estimate of drug-likeness (QED) is 0.787. The second-order valence-corrected chi connectivity index (χ2v) is 8.87. The molecule has 2 aromatic rings. The molecule has 30 heavy (non-hydrogen) atoms. The topological polar surface area (TPSA) is 87.7 Å². The van der Waals surface area contributed by atoms with Gasteiger partial charge in [0.05, 0.1) is 11.9 Å². The maximum absolute atomic E-state index is 13.2. The second kappa shape index (κ2) is 8.68. The van der Waals surface area contributed by atoms with E-state index >= 15 is 0 Å². The van der Waals surface area contributed by atoms with E-state index in [0.717, 1.165) is 57.3 Å². The average molecular weight is 414 g/mol. The summed E-state index contributed by atoms with van der Waals surface area (Å²) in [4.78, 5) is 26.3. The molecule has 4 rings (SSSR count). The monoisotopic (exact) mass is 413 g/mol. The molecule has 1 aromatic carbocycles. The van der Waals surface area contributed by atoms with Gasteiger partial charge in [0.15, 0.2) is 0 Å². The van der Waals surface area contributed by atoms with E-state index in [1.807, 2.05) is 6.07 Å². The normalized spacial score (nSPS) is 22.4. The number of carboxylic acids is 1. The lowest BCUT2D eigenvalue weighted by Gasteiger charge is -2.28. The first-order valence-electron chi connectivity index (χ1n) is 11.0. The summed E-state index contributed by atoms with van der Waals surface area (Å²) in [6, 6.07) is 6.13. The van der Waals surface area contributed by atoms with Gasteiger partial charge >= 0.3 is 11.7 Å². The molecular weight excluding hydrogens is 382 g/mol. The number of aromatic nitrogens is 2. The van der Waals surface area contributed by atoms with Gasteiger partial charge in [0.2, 0.25) is 5.88 Å². The van der Waals surface area contributed by atoms with Crippen molar-refractivity contribution in [1.29, 1.82) is 0 Å². The van der Waals surface area contributed by atoms with Gasteiger partial charge in [-0.2, -0.15) is 0 Å². The standard InChI is InChI=1S/C23H31N3O4/c1-24-12-10-17-5-8-20(14-18(17)11-13-24)25-15-21(27)26(23(25)30)19-6-2-16(3-7-19)4-9-22(28)29/h5,8,14-16,19,27H,2-4,6-7,9-13H2,1H3,(H,28,29). The molecule has 0 saturated heterocycles. The molecule has 2 aliphatic rings. The third-order valence-electron chi connectivity index (χ3n) is 6.85. The van der Waals surface area contributed by atoms with Gasteiger partial charge in [-0.1, -0.05) is 6.07 Å². The summed E-state index contributed by atoms with van der Waals surface area (Å²) in [6.07, 6.45) is 7.75. The van der Waals surface area contributed by atoms with Crippen molar-refractivity contribution in [3.05, 3.63) is 46.0 Å². The molecule has 2 N–H and O–H groups in total. The number of aromatic hydroxyl groups is 1. The van der Waals surface area contributed by atoms with Gasteiger partial charge in [0, 0.05) is 25.6 Å². The number of rotatable bonds is 5. The predicted molar refractivity (Wildman–Crippen MR) is 114 cm³/mol. The molecule has 0 spiro atoms. The Morgan fingerprint density at radius 3 is 2.50 bits per heavy atom. The lowest BCUT2D eigenvalue weighted by molar-refractivity contribution is -0.137. The SMILES string of the molecule is CN1CCc2ccc(-n3cc(O)n(C4CCC(CCC(=O)O)CC4)c3=O)cc2CC1. The number of carboxylic acid groups (broad SMARTS) is 1. The minimum absolute atomic E-state index is 0.00339. The number of imidazole rings is 1. The molecule has 1 saturated carbocycles. The van der Waals surface area contributed by atoms with Crippen molar-refractivity contribution in [1.82, 2.24) is 14.0 Å². The first kappa shape index (κ1) is 20.7. The fourth-order valence-corrected chi connectivity index (χ4v) is 4.97. The van der Waals surface area contributed by atoms with Crippen LogP contribution in [0.2, 0.25) is 0 Å². The zero-order valence-electron chi connectivity index (χ0n) is 17.6. The fourth-order valence-electron chi connectivity index (χ4n) is 4.97. The number of fused-ring (bicyclic) bond motifs is 1. The lowest BCUT2D eigenvalue weighted by Crippen LogP contribution is -2.29. The van der Waals surface area contributed by atoms with Crippen LogP contribution in [0.3, 0.4) is 0 Å². The molecule has 7 heteroatoms. The molecule has 0 atom stereocenters. The fraction of sp³-hybridized carbons (Fsp3) is 0.565. The molecule has 0 amide bonds. The van der Waals surface area contributed by atoms with Gasteiger partial charge < -0.3 is 15.1 Å². The molecule has 1 aromatic heterocycles. The summed E-state index contributed by atoms with van der Waals surface area (Å²) in [5.74, 6) is -0.362. The minimum atomic E-state index is -0.754. The summed E-state index contributed by atoms with van der Waals surface area (Å²) in [6.45, 7) is 2.04. The number of hydrogen-bond acceptors (Lipinski definition) is 4. The van der Waals surface area contributed by atoms with E-state index in [1.165, 1.54) is 21.9 Å². The second-order valence-electron chi connectivity index (χ2n) is 8.87. The maximum Gasteiger partial charge on any atom is 0.335 e. The average Bonchev–Trinajstić information content (AvgIpc) is 2.90. The van der Waals surface area contributed by atoms with Crippen LogP contribution in [0.15, 0.2) is 29.2 Å². The number of carbonyl (C=O) groups is 1. The molecule has 1 fully saturated rings. The van der Waals surface area contributed by atoms with Crippen molar-refractivity contribution in [2.45, 2.75) is 57.4 Å². The van der Waals surface area contributed by atoms with E-state index in [-0.39, 0.29) is 24.0 Å². The van der Waals surface area contributed by atoms with Gasteiger partial charge in [-0.05, 0) is 81.2 Å². The Morgan fingerprint density at radius 1 is 1.10 bits per heavy atom. The van der Waals surface area contributed by atoms with Crippen LogP contribution in [0, 0.1) is 5.92 Å². The predicted octanol–water partition coefficient (Wildman–Crippen LogP) is 2.97. The number of likely N-dealkylation sites (N-methyl/N-ethyl adjacent to an activating group) is 1. The third kappa shape index (κ3) is 4.31. The Labute approximate surface area is 176 Å². The van der Waals surface area contributed by atoms with Crippen LogP contribution in [0.5, 0.6) is 5.88 Å². The number of nitrogens with zero attached hydrogens (tertiary/aromatic N) is 3. The first-order valence-corrected chi connectivity index (χ1v) is 11.0. The Balaban J connectivity index is 1.52. The van der Waals surface area contributed by atoms with Crippen LogP contribution in [0.4, 0.5) is 0 Å². The van der Waals surface area contributed by atoms with Crippen molar-refractivity contribution < 1.29 is 15.0 Å². The Kier molecular flexibility index (Phi) is 5.99. The lowest BCUT2D eigenvalue weighted by atomic mass is 9.83. The smallest absolute Gasteiger partial charge is 0.335 e. The molecule has 1 aliphatic heterocycles. The van der Waals surface area contributed by atoms with E-state index in [0.29, 0.717) is 12.3 Å². The van der Waals surface area contributed by atoms with E-state index < -0.39 is 5.97 Å². The van der Waals surface area contributed by atoms with Gasteiger partial charge in [-0.3, -0.25) is 13.9 Å². The highest BCUT2D eigenvalue weighted by molar-refractivity contribution is 5.66. The van der Waals surface area contributed by atoms with E-state index in [9.17, 15) is 14.7 Å². The molecule has 1 aliphatic carbocycles. The van der Waals surface area contributed by atoms with Crippen LogP contribution in [0.25, 0.3) is 5.69 Å². The van der Waals surface area contributed by atoms with Crippen molar-refractivity contribution in [2.75, 3.05) is 20.1 Å². The molecule has 162 valence electrons. The maximum atomic E-state index is 13.2. The third-order valence-corrected chi connectivity index (χ3v) is 6.85. The van der Waals surface area contributed by atoms with Crippen LogP contribution >= 0.6 is 0 Å². The highest BCUT2D eigenvalue weighted by Crippen LogP contribution is 2.35. The molecule has 0 unspecified atom stereocenters. The number of aliphatic carboxylic acids is 1. The van der Waals surface area contributed by atoms with Crippen LogP contribution in [-0.2, 0) is 17.6 Å². The summed E-state index contributed by atoms with van der Waals surface area (Å²) in [5.41, 5.74) is 3.20. The largest absolute Gasteiger partial charge is 0.493 e. The summed E-state index contributed by atoms with van der Waals surface area (Å²) in [7, 11) is 2.13. The molecule has 7 nitrogen and oxygen atoms in total. The van der Waals surface area contributed by atoms with Gasteiger partial charge in [-0.25, -0.2) is 4.79 Å². The zero-order chi connectivity index (χ0) is 21.3. The van der Waals surface area contributed by atoms with Crippen molar-refractivity contribution in [3.8, 4) is 11.6 Å². The zero-order valence-corrected chi connectivity index (χ0v) is 17.6. The molecule has 0 radical (unpaired) electrons. The first-order chi connectivity index (χ1) is 14.4. The number of benzene rings is 1. The summed E-state index contributed by atoms with van der Waals surface area (Å²) >= 11 is 0. The van der Waals surface area contributed by atoms with E-state index in [2.05, 4.69) is 24.1 Å². The van der Waals surface area contributed by atoms with Gasteiger partial charge in [0.25, 0.3) is 0 Å². The van der Waals surface area contributed by atoms with E-state index in [1.54, 1.807) is 4.57 Å². The van der Waals surface area contributed by atoms with Crippen LogP contribution in [0.1, 0.15) is 55.7 Å². The summed E-state index contributed by atoms with van der Waals surface area (Å²) < 4.78 is 3.08. The highest BCUT2D eigenvalue weighted by atomic mass is 16.4. The van der Waals surface area contributed by atoms with Crippen LogP contribution < -0.4 is 5.69 Å². The van der Waals surface area contributed by atoms with Gasteiger partial charge in [0.1, 0.15) is 0 Å². The highest BCUT2D eigenvalue weighted by Gasteiger charge is 2.27. The van der Waals surface area contributed by atoms with Gasteiger partial charge in [-0.15, -0.1) is 0 Å². The number of hydrogen-bond donors (Lipinski definition) is 2. The van der Waals surface area contributed by atoms with E-state index in [4.69, 9.17) is 5.11 Å². The summed E-state index contributed by atoms with van der Waals surface area (Å²) in [5, 5.41) is 19.4. The Morgan fingerprint density at radius 2 is 1.80 bits per heavy atom. The minimum Gasteiger partial charge on any atom is -0.493 e. The molecule has 0 bridgehead atoms. The van der Waals surface area contributed by atoms with Crippen molar-refractivity contribution >= 4 is 5.97 Å². The molecular formula is C23H31N3O4. The molecule has 2 heterocycles. The van der Waals surface area contributed by atoms with Crippen molar-refractivity contribution in [3.63, 3.8) is 0 Å². The van der Waals surface area contributed by atoms with Crippen LogP contribution in [-0.4, -0.2) is 50.4 Å². The van der Waals surface area contributed by atoms with Crippen molar-refractivity contribution in [2.24, 2.45) is 5.92 Å².